The highest BCUT2D eigenvalue weighted by Crippen LogP contribution is 2.48. The number of nitrogens with one attached hydrogen (secondary N) is 1. The van der Waals surface area contributed by atoms with Crippen molar-refractivity contribution in [2.24, 2.45) is 5.41 Å². The fourth-order valence-corrected chi connectivity index (χ4v) is 3.40. The lowest BCUT2D eigenvalue weighted by Crippen LogP contribution is -2.42. The first kappa shape index (κ1) is 20.1. The third-order valence-electron chi connectivity index (χ3n) is 5.49. The first-order valence-electron chi connectivity index (χ1n) is 10.0. The Morgan fingerprint density at radius 3 is 2.11 bits per heavy atom. The van der Waals surface area contributed by atoms with Gasteiger partial charge in [0.1, 0.15) is 5.41 Å². The second kappa shape index (κ2) is 7.78. The molecule has 148 valence electrons. The molecule has 0 radical (unpaired) electrons. The van der Waals surface area contributed by atoms with Gasteiger partial charge < -0.3 is 10.2 Å². The third kappa shape index (κ3) is 4.27. The van der Waals surface area contributed by atoms with Crippen LogP contribution in [-0.4, -0.2) is 23.3 Å². The molecule has 0 atom stereocenters. The number of carbonyl (C=O) groups is 2. The second-order valence-corrected chi connectivity index (χ2v) is 8.67. The molecule has 1 aliphatic rings. The summed E-state index contributed by atoms with van der Waals surface area (Å²) in [7, 11) is 0. The highest BCUT2D eigenvalue weighted by atomic mass is 16.2. The van der Waals surface area contributed by atoms with E-state index < -0.39 is 5.41 Å². The summed E-state index contributed by atoms with van der Waals surface area (Å²) in [6.45, 7) is 9.55. The number of anilines is 1. The van der Waals surface area contributed by atoms with Gasteiger partial charge >= 0.3 is 0 Å². The Bertz CT molecular complexity index is 831. The topological polar surface area (TPSA) is 49.4 Å². The molecule has 28 heavy (non-hydrogen) atoms. The molecule has 1 saturated carbocycles. The van der Waals surface area contributed by atoms with Crippen LogP contribution in [0.5, 0.6) is 0 Å². The number of carbonyl (C=O) groups excluding carboxylic acids is 2. The maximum Gasteiger partial charge on any atom is 0.240 e. The van der Waals surface area contributed by atoms with Gasteiger partial charge in [0.2, 0.25) is 11.8 Å². The average Bonchev–Trinajstić information content (AvgIpc) is 3.48. The number of hydrogen-bond donors (Lipinski definition) is 1. The Morgan fingerprint density at radius 2 is 1.61 bits per heavy atom. The quantitative estimate of drug-likeness (QED) is 0.737. The van der Waals surface area contributed by atoms with Crippen molar-refractivity contribution < 1.29 is 9.59 Å². The van der Waals surface area contributed by atoms with Crippen LogP contribution in [0.3, 0.4) is 0 Å². The standard InChI is InChI=1S/C24H30N2O2/c1-5-26(17-18-9-7-6-8-10-18)22(28)24(15-16-24)21(27)25-20-13-11-19(12-14-20)23(2,3)4/h6-14H,5,15-17H2,1-4H3,(H,25,27). The summed E-state index contributed by atoms with van der Waals surface area (Å²) in [6.07, 6.45) is 1.23. The first-order chi connectivity index (χ1) is 13.3. The lowest BCUT2D eigenvalue weighted by Gasteiger charge is -2.26. The Morgan fingerprint density at radius 1 is 1.00 bits per heavy atom. The van der Waals surface area contributed by atoms with Crippen LogP contribution in [0, 0.1) is 5.41 Å². The Kier molecular flexibility index (Phi) is 5.59. The van der Waals surface area contributed by atoms with Crippen LogP contribution in [0.1, 0.15) is 51.7 Å². The largest absolute Gasteiger partial charge is 0.338 e. The summed E-state index contributed by atoms with van der Waals surface area (Å²) in [5, 5.41) is 2.96. The van der Waals surface area contributed by atoms with Gasteiger partial charge in [0.25, 0.3) is 0 Å². The monoisotopic (exact) mass is 378 g/mol. The van der Waals surface area contributed by atoms with Crippen LogP contribution in [-0.2, 0) is 21.5 Å². The molecule has 0 unspecified atom stereocenters. The zero-order valence-corrected chi connectivity index (χ0v) is 17.3. The highest BCUT2D eigenvalue weighted by molar-refractivity contribution is 6.13. The van der Waals surface area contributed by atoms with E-state index in [9.17, 15) is 9.59 Å². The van der Waals surface area contributed by atoms with Gasteiger partial charge in [-0.3, -0.25) is 9.59 Å². The number of amides is 2. The van der Waals surface area contributed by atoms with Gasteiger partial charge in [-0.2, -0.15) is 0 Å². The Labute approximate surface area is 167 Å². The van der Waals surface area contributed by atoms with Gasteiger partial charge in [-0.25, -0.2) is 0 Å². The van der Waals surface area contributed by atoms with Crippen LogP contribution >= 0.6 is 0 Å². The molecule has 0 aromatic heterocycles. The molecule has 1 N–H and O–H groups in total. The van der Waals surface area contributed by atoms with E-state index in [-0.39, 0.29) is 17.2 Å². The van der Waals surface area contributed by atoms with Crippen LogP contribution in [0.25, 0.3) is 0 Å². The second-order valence-electron chi connectivity index (χ2n) is 8.67. The van der Waals surface area contributed by atoms with Crippen LogP contribution in [0.2, 0.25) is 0 Å². The molecule has 2 amide bonds. The van der Waals surface area contributed by atoms with E-state index in [1.54, 1.807) is 4.90 Å². The smallest absolute Gasteiger partial charge is 0.240 e. The number of rotatable bonds is 6. The molecule has 0 heterocycles. The van der Waals surface area contributed by atoms with E-state index in [0.717, 1.165) is 11.3 Å². The fraction of sp³-hybridized carbons (Fsp3) is 0.417. The first-order valence-corrected chi connectivity index (χ1v) is 10.0. The molecule has 1 fully saturated rings. The van der Waals surface area contributed by atoms with Crippen molar-refractivity contribution in [3.05, 3.63) is 65.7 Å². The molecule has 3 rings (SSSR count). The van der Waals surface area contributed by atoms with Gasteiger partial charge in [0.05, 0.1) is 0 Å². The fourth-order valence-electron chi connectivity index (χ4n) is 3.40. The normalized spacial score (nSPS) is 15.0. The molecule has 2 aromatic rings. The minimum atomic E-state index is -0.909. The number of benzene rings is 2. The SMILES string of the molecule is CCN(Cc1ccccc1)C(=O)C1(C(=O)Nc2ccc(C(C)(C)C)cc2)CC1. The van der Waals surface area contributed by atoms with E-state index in [1.165, 1.54) is 5.56 Å². The van der Waals surface area contributed by atoms with E-state index in [1.807, 2.05) is 61.5 Å². The molecule has 2 aromatic carbocycles. The summed E-state index contributed by atoms with van der Waals surface area (Å²) < 4.78 is 0. The number of hydrogen-bond acceptors (Lipinski definition) is 2. The van der Waals surface area contributed by atoms with Crippen molar-refractivity contribution in [2.45, 2.75) is 52.5 Å². The maximum absolute atomic E-state index is 13.1. The van der Waals surface area contributed by atoms with Crippen molar-refractivity contribution in [1.82, 2.24) is 4.90 Å². The van der Waals surface area contributed by atoms with Crippen LogP contribution in [0.15, 0.2) is 54.6 Å². The van der Waals surface area contributed by atoms with E-state index in [4.69, 9.17) is 0 Å². The number of nitrogens with zero attached hydrogens (tertiary/aromatic N) is 1. The minimum absolute atomic E-state index is 0.0648. The summed E-state index contributed by atoms with van der Waals surface area (Å²) >= 11 is 0. The van der Waals surface area contributed by atoms with Gasteiger partial charge in [0.15, 0.2) is 0 Å². The Hall–Kier alpha value is -2.62. The lowest BCUT2D eigenvalue weighted by molar-refractivity contribution is -0.142. The van der Waals surface area contributed by atoms with Gasteiger partial charge in [-0.05, 0) is 48.4 Å². The Balaban J connectivity index is 1.69. The predicted molar refractivity (Wildman–Crippen MR) is 113 cm³/mol. The van der Waals surface area contributed by atoms with Gasteiger partial charge in [-0.1, -0.05) is 63.2 Å². The van der Waals surface area contributed by atoms with E-state index in [2.05, 4.69) is 26.1 Å². The van der Waals surface area contributed by atoms with Crippen molar-refractivity contribution in [3.63, 3.8) is 0 Å². The highest BCUT2D eigenvalue weighted by Gasteiger charge is 2.57. The van der Waals surface area contributed by atoms with E-state index >= 15 is 0 Å². The molecule has 0 saturated heterocycles. The molecule has 0 spiro atoms. The predicted octanol–water partition coefficient (Wildman–Crippen LogP) is 4.75. The van der Waals surface area contributed by atoms with Crippen molar-refractivity contribution in [1.29, 1.82) is 0 Å². The van der Waals surface area contributed by atoms with Crippen LogP contribution in [0.4, 0.5) is 5.69 Å². The van der Waals surface area contributed by atoms with Gasteiger partial charge in [0, 0.05) is 18.8 Å². The lowest BCUT2D eigenvalue weighted by atomic mass is 9.87. The van der Waals surface area contributed by atoms with Crippen molar-refractivity contribution >= 4 is 17.5 Å². The molecular weight excluding hydrogens is 348 g/mol. The molecule has 4 nitrogen and oxygen atoms in total. The molecule has 0 aliphatic heterocycles. The summed E-state index contributed by atoms with van der Waals surface area (Å²) in [6, 6.07) is 17.8. The summed E-state index contributed by atoms with van der Waals surface area (Å²) in [4.78, 5) is 27.9. The van der Waals surface area contributed by atoms with Crippen molar-refractivity contribution in [3.8, 4) is 0 Å². The zero-order valence-electron chi connectivity index (χ0n) is 17.3. The minimum Gasteiger partial charge on any atom is -0.338 e. The molecule has 0 bridgehead atoms. The summed E-state index contributed by atoms with van der Waals surface area (Å²) in [5.74, 6) is -0.254. The van der Waals surface area contributed by atoms with Crippen molar-refractivity contribution in [2.75, 3.05) is 11.9 Å². The molecular formula is C24H30N2O2. The maximum atomic E-state index is 13.1. The third-order valence-corrected chi connectivity index (χ3v) is 5.49. The molecule has 1 aliphatic carbocycles. The zero-order chi connectivity index (χ0) is 20.4. The summed E-state index contributed by atoms with van der Waals surface area (Å²) in [5.41, 5.74) is 2.18. The van der Waals surface area contributed by atoms with E-state index in [0.29, 0.717) is 25.9 Å². The van der Waals surface area contributed by atoms with Gasteiger partial charge in [-0.15, -0.1) is 0 Å². The average molecular weight is 379 g/mol. The van der Waals surface area contributed by atoms with Crippen LogP contribution < -0.4 is 5.32 Å². The molecule has 4 heteroatoms.